The van der Waals surface area contributed by atoms with Crippen molar-refractivity contribution in [1.29, 1.82) is 5.26 Å². The van der Waals surface area contributed by atoms with Crippen molar-refractivity contribution in [2.45, 2.75) is 38.3 Å². The lowest BCUT2D eigenvalue weighted by Gasteiger charge is -2.39. The van der Waals surface area contributed by atoms with Gasteiger partial charge < -0.3 is 10.5 Å². The lowest BCUT2D eigenvalue weighted by atomic mass is 9.75. The first kappa shape index (κ1) is 22.5. The highest BCUT2D eigenvalue weighted by atomic mass is 19.4. The van der Waals surface area contributed by atoms with Crippen LogP contribution in [0.2, 0.25) is 0 Å². The molecule has 170 valence electrons. The van der Waals surface area contributed by atoms with Gasteiger partial charge in [0.05, 0.1) is 29.7 Å². The first-order valence-corrected chi connectivity index (χ1v) is 10.6. The minimum atomic E-state index is -4.53. The summed E-state index contributed by atoms with van der Waals surface area (Å²) in [7, 11) is 0. The van der Waals surface area contributed by atoms with E-state index in [1.54, 1.807) is 24.3 Å². The van der Waals surface area contributed by atoms with E-state index in [0.29, 0.717) is 48.5 Å². The van der Waals surface area contributed by atoms with Crippen molar-refractivity contribution < 1.29 is 22.7 Å². The number of anilines is 1. The number of ketones is 1. The van der Waals surface area contributed by atoms with Crippen LogP contribution in [0.5, 0.6) is 5.75 Å². The Kier molecular flexibility index (Phi) is 5.90. The summed E-state index contributed by atoms with van der Waals surface area (Å²) in [6, 6.07) is 14.0. The average molecular weight is 453 g/mol. The van der Waals surface area contributed by atoms with Gasteiger partial charge in [-0.25, -0.2) is 0 Å². The Balaban J connectivity index is 1.89. The standard InChI is InChI=1S/C25H22F3N3O2/c1-2-33-18-11-9-15(10-12-18)22-19(14-29)24(30)31(20-7-4-8-21(32)23(20)22)17-6-3-5-16(13-17)25(26,27)28/h3,5-6,9-13,22H,2,4,7-8,30H2,1H3/t22-/m1/s1. The Bertz CT molecular complexity index is 1190. The molecule has 0 saturated heterocycles. The van der Waals surface area contributed by atoms with Crippen LogP contribution in [0.25, 0.3) is 0 Å². The third kappa shape index (κ3) is 4.07. The zero-order valence-electron chi connectivity index (χ0n) is 17.9. The Morgan fingerprint density at radius 1 is 1.18 bits per heavy atom. The van der Waals surface area contributed by atoms with E-state index < -0.39 is 17.7 Å². The van der Waals surface area contributed by atoms with Crippen LogP contribution in [0.3, 0.4) is 0 Å². The minimum Gasteiger partial charge on any atom is -0.494 e. The fourth-order valence-corrected chi connectivity index (χ4v) is 4.46. The first-order chi connectivity index (χ1) is 15.8. The van der Waals surface area contributed by atoms with Gasteiger partial charge in [0.15, 0.2) is 5.78 Å². The zero-order chi connectivity index (χ0) is 23.8. The van der Waals surface area contributed by atoms with Gasteiger partial charge in [0, 0.05) is 23.4 Å². The summed E-state index contributed by atoms with van der Waals surface area (Å²) in [4.78, 5) is 14.5. The number of carbonyl (C=O) groups excluding carboxylic acids is 1. The van der Waals surface area contributed by atoms with Crippen molar-refractivity contribution in [3.05, 3.63) is 82.3 Å². The van der Waals surface area contributed by atoms with Crippen LogP contribution >= 0.6 is 0 Å². The molecule has 0 bridgehead atoms. The number of allylic oxidation sites excluding steroid dienone is 3. The van der Waals surface area contributed by atoms with Gasteiger partial charge in [-0.05, 0) is 55.7 Å². The van der Waals surface area contributed by atoms with Crippen molar-refractivity contribution in [2.24, 2.45) is 5.73 Å². The van der Waals surface area contributed by atoms with E-state index in [4.69, 9.17) is 10.5 Å². The fraction of sp³-hybridized carbons (Fsp3) is 0.280. The predicted molar refractivity (Wildman–Crippen MR) is 117 cm³/mol. The number of nitrogens with two attached hydrogens (primary N) is 1. The van der Waals surface area contributed by atoms with E-state index in [9.17, 15) is 23.2 Å². The van der Waals surface area contributed by atoms with Crippen LogP contribution in [0.15, 0.2) is 71.2 Å². The highest BCUT2D eigenvalue weighted by Gasteiger charge is 2.41. The molecule has 0 saturated carbocycles. The van der Waals surface area contributed by atoms with Crippen LogP contribution in [0, 0.1) is 11.3 Å². The second-order valence-corrected chi connectivity index (χ2v) is 7.87. The van der Waals surface area contributed by atoms with Gasteiger partial charge in [-0.3, -0.25) is 9.69 Å². The number of alkyl halides is 3. The maximum Gasteiger partial charge on any atom is 0.416 e. The average Bonchev–Trinajstić information content (AvgIpc) is 2.79. The monoisotopic (exact) mass is 453 g/mol. The van der Waals surface area contributed by atoms with Gasteiger partial charge in [0.25, 0.3) is 0 Å². The summed E-state index contributed by atoms with van der Waals surface area (Å²) < 4.78 is 45.5. The summed E-state index contributed by atoms with van der Waals surface area (Å²) in [6.45, 7) is 2.37. The van der Waals surface area contributed by atoms with Crippen molar-refractivity contribution in [3.8, 4) is 11.8 Å². The number of nitrogens with zero attached hydrogens (tertiary/aromatic N) is 2. The number of benzene rings is 2. The minimum absolute atomic E-state index is 0.0316. The molecule has 1 atom stereocenters. The molecule has 0 aromatic heterocycles. The molecule has 0 spiro atoms. The van der Waals surface area contributed by atoms with Gasteiger partial charge in [-0.2, -0.15) is 18.4 Å². The Morgan fingerprint density at radius 3 is 2.55 bits per heavy atom. The molecule has 2 aliphatic rings. The number of Topliss-reactive ketones (excluding diaryl/α,β-unsaturated/α-hetero) is 1. The molecule has 0 amide bonds. The van der Waals surface area contributed by atoms with Crippen molar-refractivity contribution in [1.82, 2.24) is 0 Å². The van der Waals surface area contributed by atoms with Crippen molar-refractivity contribution in [3.63, 3.8) is 0 Å². The van der Waals surface area contributed by atoms with Crippen molar-refractivity contribution in [2.75, 3.05) is 11.5 Å². The molecule has 1 aliphatic carbocycles. The summed E-state index contributed by atoms with van der Waals surface area (Å²) in [5.74, 6) is -0.130. The van der Waals surface area contributed by atoms with E-state index in [0.717, 1.165) is 12.1 Å². The summed E-state index contributed by atoms with van der Waals surface area (Å²) in [5.41, 5.74) is 7.54. The predicted octanol–water partition coefficient (Wildman–Crippen LogP) is 5.41. The van der Waals surface area contributed by atoms with Gasteiger partial charge in [-0.15, -0.1) is 0 Å². The van der Waals surface area contributed by atoms with E-state index >= 15 is 0 Å². The second-order valence-electron chi connectivity index (χ2n) is 7.87. The maximum atomic E-state index is 13.4. The van der Waals surface area contributed by atoms with E-state index in [1.165, 1.54) is 17.0 Å². The third-order valence-corrected chi connectivity index (χ3v) is 5.87. The molecule has 0 radical (unpaired) electrons. The van der Waals surface area contributed by atoms with E-state index in [-0.39, 0.29) is 22.9 Å². The molecule has 2 aromatic rings. The number of carbonyl (C=O) groups is 1. The largest absolute Gasteiger partial charge is 0.494 e. The van der Waals surface area contributed by atoms with Gasteiger partial charge >= 0.3 is 6.18 Å². The number of ether oxygens (including phenoxy) is 1. The number of hydrogen-bond acceptors (Lipinski definition) is 5. The highest BCUT2D eigenvalue weighted by molar-refractivity contribution is 6.01. The smallest absolute Gasteiger partial charge is 0.416 e. The number of halogens is 3. The maximum absolute atomic E-state index is 13.4. The van der Waals surface area contributed by atoms with Crippen molar-refractivity contribution >= 4 is 11.5 Å². The van der Waals surface area contributed by atoms with Crippen LogP contribution in [0.4, 0.5) is 18.9 Å². The Hall–Kier alpha value is -3.73. The molecule has 4 rings (SSSR count). The second kappa shape index (κ2) is 8.66. The summed E-state index contributed by atoms with van der Waals surface area (Å²) in [6.07, 6.45) is -3.21. The first-order valence-electron chi connectivity index (χ1n) is 10.6. The van der Waals surface area contributed by atoms with Crippen LogP contribution < -0.4 is 15.4 Å². The molecule has 0 unspecified atom stereocenters. The van der Waals surface area contributed by atoms with E-state index in [2.05, 4.69) is 6.07 Å². The summed E-state index contributed by atoms with van der Waals surface area (Å²) >= 11 is 0. The molecule has 1 heterocycles. The SMILES string of the molecule is CCOc1ccc([C@@H]2C(C#N)=C(N)N(c3cccc(C(F)(F)F)c3)C3=C2C(=O)CCC3)cc1. The molecular weight excluding hydrogens is 431 g/mol. The highest BCUT2D eigenvalue weighted by Crippen LogP contribution is 2.47. The topological polar surface area (TPSA) is 79.3 Å². The Labute approximate surface area is 189 Å². The van der Waals surface area contributed by atoms with Gasteiger partial charge in [0.1, 0.15) is 11.6 Å². The third-order valence-electron chi connectivity index (χ3n) is 5.87. The van der Waals surface area contributed by atoms with Crippen LogP contribution in [0.1, 0.15) is 43.2 Å². The fourth-order valence-electron chi connectivity index (χ4n) is 4.46. The molecule has 1 aliphatic heterocycles. The lowest BCUT2D eigenvalue weighted by molar-refractivity contribution is -0.137. The number of hydrogen-bond donors (Lipinski definition) is 1. The molecule has 0 fully saturated rings. The summed E-state index contributed by atoms with van der Waals surface area (Å²) in [5, 5.41) is 10.0. The zero-order valence-corrected chi connectivity index (χ0v) is 17.9. The Morgan fingerprint density at radius 2 is 1.91 bits per heavy atom. The van der Waals surface area contributed by atoms with Crippen LogP contribution in [-0.2, 0) is 11.0 Å². The molecule has 33 heavy (non-hydrogen) atoms. The molecular formula is C25H22F3N3O2. The number of rotatable bonds is 4. The molecule has 5 nitrogen and oxygen atoms in total. The lowest BCUT2D eigenvalue weighted by Crippen LogP contribution is -2.38. The molecule has 2 N–H and O–H groups in total. The van der Waals surface area contributed by atoms with Gasteiger partial charge in [0.2, 0.25) is 0 Å². The number of nitriles is 1. The molecule has 8 heteroatoms. The normalized spacial score (nSPS) is 18.8. The quantitative estimate of drug-likeness (QED) is 0.670. The van der Waals surface area contributed by atoms with Crippen LogP contribution in [-0.4, -0.2) is 12.4 Å². The van der Waals surface area contributed by atoms with E-state index in [1.807, 2.05) is 6.92 Å². The molecule has 2 aromatic carbocycles. The van der Waals surface area contributed by atoms with Gasteiger partial charge in [-0.1, -0.05) is 18.2 Å².